The molecule has 0 saturated carbocycles. The van der Waals surface area contributed by atoms with Crippen molar-refractivity contribution in [1.82, 2.24) is 0 Å². The minimum atomic E-state index is -0.164. The molecule has 0 unspecified atom stereocenters. The molecule has 0 fully saturated rings. The number of benzene rings is 1. The summed E-state index contributed by atoms with van der Waals surface area (Å²) in [6.07, 6.45) is 2.30. The van der Waals surface area contributed by atoms with E-state index in [0.29, 0.717) is 6.42 Å². The molecule has 0 bridgehead atoms. The number of rotatable bonds is 5. The van der Waals surface area contributed by atoms with E-state index in [4.69, 9.17) is 4.42 Å². The van der Waals surface area contributed by atoms with Gasteiger partial charge in [-0.1, -0.05) is 23.8 Å². The van der Waals surface area contributed by atoms with Crippen molar-refractivity contribution in [3.8, 4) is 0 Å². The quantitative estimate of drug-likeness (QED) is 0.756. The number of hydrogen-bond acceptors (Lipinski definition) is 2. The number of amides is 1. The minimum absolute atomic E-state index is 0.0150. The van der Waals surface area contributed by atoms with Crippen molar-refractivity contribution in [2.45, 2.75) is 26.3 Å². The van der Waals surface area contributed by atoms with E-state index in [0.717, 1.165) is 17.0 Å². The molecule has 0 spiro atoms. The molecule has 1 aromatic carbocycles. The van der Waals surface area contributed by atoms with Gasteiger partial charge < -0.3 is 9.32 Å². The monoisotopic (exact) mass is 269 g/mol. The SMILES string of the molecule is C=C(C)C[C@@H](c1ccco1)N(C(C)=O)c1ccccc1. The lowest BCUT2D eigenvalue weighted by atomic mass is 10.0. The molecule has 1 atom stereocenters. The van der Waals surface area contributed by atoms with Gasteiger partial charge in [-0.2, -0.15) is 0 Å². The van der Waals surface area contributed by atoms with Gasteiger partial charge in [0.25, 0.3) is 0 Å². The van der Waals surface area contributed by atoms with Gasteiger partial charge in [0.05, 0.1) is 12.3 Å². The van der Waals surface area contributed by atoms with Crippen LogP contribution in [0.4, 0.5) is 5.69 Å². The summed E-state index contributed by atoms with van der Waals surface area (Å²) in [5, 5.41) is 0. The number of para-hydroxylation sites is 1. The van der Waals surface area contributed by atoms with Crippen molar-refractivity contribution in [1.29, 1.82) is 0 Å². The van der Waals surface area contributed by atoms with Crippen LogP contribution in [0.1, 0.15) is 32.1 Å². The van der Waals surface area contributed by atoms with Gasteiger partial charge in [-0.3, -0.25) is 4.79 Å². The highest BCUT2D eigenvalue weighted by Gasteiger charge is 2.26. The molecule has 0 radical (unpaired) electrons. The fraction of sp³-hybridized carbons (Fsp3) is 0.235. The first-order valence-corrected chi connectivity index (χ1v) is 6.62. The molecular formula is C17H19NO2. The highest BCUT2D eigenvalue weighted by Crippen LogP contribution is 2.32. The van der Waals surface area contributed by atoms with Crippen LogP contribution in [0.5, 0.6) is 0 Å². The summed E-state index contributed by atoms with van der Waals surface area (Å²) in [6, 6.07) is 13.2. The maximum absolute atomic E-state index is 12.1. The van der Waals surface area contributed by atoms with E-state index in [1.165, 1.54) is 0 Å². The van der Waals surface area contributed by atoms with Crippen LogP contribution in [0.25, 0.3) is 0 Å². The Hall–Kier alpha value is -2.29. The fourth-order valence-corrected chi connectivity index (χ4v) is 2.30. The van der Waals surface area contributed by atoms with Crippen LogP contribution < -0.4 is 4.90 Å². The van der Waals surface area contributed by atoms with Crippen molar-refractivity contribution in [3.05, 3.63) is 66.6 Å². The Morgan fingerprint density at radius 2 is 1.90 bits per heavy atom. The third-order valence-corrected chi connectivity index (χ3v) is 3.10. The Balaban J connectivity index is 2.42. The molecule has 0 aliphatic heterocycles. The van der Waals surface area contributed by atoms with E-state index in [-0.39, 0.29) is 11.9 Å². The minimum Gasteiger partial charge on any atom is -0.467 e. The van der Waals surface area contributed by atoms with E-state index >= 15 is 0 Å². The van der Waals surface area contributed by atoms with Crippen molar-refractivity contribution >= 4 is 11.6 Å². The molecule has 2 rings (SSSR count). The van der Waals surface area contributed by atoms with Crippen molar-refractivity contribution in [3.63, 3.8) is 0 Å². The number of nitrogens with zero attached hydrogens (tertiary/aromatic N) is 1. The van der Waals surface area contributed by atoms with Crippen LogP contribution in [0.2, 0.25) is 0 Å². The number of hydrogen-bond donors (Lipinski definition) is 0. The predicted octanol–water partition coefficient (Wildman–Crippen LogP) is 4.34. The number of carbonyl (C=O) groups is 1. The van der Waals surface area contributed by atoms with Crippen LogP contribution in [0.3, 0.4) is 0 Å². The van der Waals surface area contributed by atoms with Gasteiger partial charge in [-0.15, -0.1) is 6.58 Å². The maximum atomic E-state index is 12.1. The smallest absolute Gasteiger partial charge is 0.224 e. The van der Waals surface area contributed by atoms with Gasteiger partial charge in [0.1, 0.15) is 5.76 Å². The van der Waals surface area contributed by atoms with E-state index in [1.54, 1.807) is 18.1 Å². The predicted molar refractivity (Wildman–Crippen MR) is 80.5 cm³/mol. The van der Waals surface area contributed by atoms with Gasteiger partial charge in [0, 0.05) is 12.6 Å². The van der Waals surface area contributed by atoms with Crippen molar-refractivity contribution in [2.75, 3.05) is 4.90 Å². The molecule has 0 aliphatic carbocycles. The first-order chi connectivity index (χ1) is 9.59. The molecule has 1 heterocycles. The zero-order valence-electron chi connectivity index (χ0n) is 11.9. The second-order valence-electron chi connectivity index (χ2n) is 4.92. The van der Waals surface area contributed by atoms with Crippen LogP contribution in [0, 0.1) is 0 Å². The summed E-state index contributed by atoms with van der Waals surface area (Å²) < 4.78 is 5.51. The topological polar surface area (TPSA) is 33.5 Å². The standard InChI is InChI=1S/C17H19NO2/c1-13(2)12-16(17-10-7-11-20-17)18(14(3)19)15-8-5-4-6-9-15/h4-11,16H,1,12H2,2-3H3/t16-/m0/s1. The van der Waals surface area contributed by atoms with Gasteiger partial charge >= 0.3 is 0 Å². The highest BCUT2D eigenvalue weighted by molar-refractivity contribution is 5.92. The summed E-state index contributed by atoms with van der Waals surface area (Å²) in [4.78, 5) is 13.9. The van der Waals surface area contributed by atoms with Crippen LogP contribution in [-0.2, 0) is 4.79 Å². The Kier molecular flexibility index (Phi) is 4.41. The molecule has 20 heavy (non-hydrogen) atoms. The van der Waals surface area contributed by atoms with E-state index in [9.17, 15) is 4.79 Å². The van der Waals surface area contributed by atoms with E-state index < -0.39 is 0 Å². The van der Waals surface area contributed by atoms with Crippen molar-refractivity contribution < 1.29 is 9.21 Å². The summed E-state index contributed by atoms with van der Waals surface area (Å²) >= 11 is 0. The summed E-state index contributed by atoms with van der Waals surface area (Å²) in [5.41, 5.74) is 1.87. The van der Waals surface area contributed by atoms with Gasteiger partial charge in [-0.25, -0.2) is 0 Å². The van der Waals surface area contributed by atoms with Gasteiger partial charge in [0.15, 0.2) is 0 Å². The molecule has 1 amide bonds. The second-order valence-corrected chi connectivity index (χ2v) is 4.92. The zero-order valence-corrected chi connectivity index (χ0v) is 11.9. The maximum Gasteiger partial charge on any atom is 0.224 e. The third kappa shape index (κ3) is 3.18. The van der Waals surface area contributed by atoms with Crippen LogP contribution >= 0.6 is 0 Å². The largest absolute Gasteiger partial charge is 0.467 e. The molecule has 3 heteroatoms. The summed E-state index contributed by atoms with van der Waals surface area (Å²) in [7, 11) is 0. The molecule has 1 aromatic heterocycles. The number of furan rings is 1. The lowest BCUT2D eigenvalue weighted by Crippen LogP contribution is -2.33. The molecular weight excluding hydrogens is 250 g/mol. The molecule has 0 N–H and O–H groups in total. The van der Waals surface area contributed by atoms with Crippen LogP contribution in [0.15, 0.2) is 65.3 Å². The summed E-state index contributed by atoms with van der Waals surface area (Å²) in [5.74, 6) is 0.755. The van der Waals surface area contributed by atoms with Crippen LogP contribution in [-0.4, -0.2) is 5.91 Å². The summed E-state index contributed by atoms with van der Waals surface area (Å²) in [6.45, 7) is 7.49. The zero-order chi connectivity index (χ0) is 14.5. The molecule has 0 aliphatic rings. The first-order valence-electron chi connectivity index (χ1n) is 6.62. The highest BCUT2D eigenvalue weighted by atomic mass is 16.3. The van der Waals surface area contributed by atoms with Crippen molar-refractivity contribution in [2.24, 2.45) is 0 Å². The Labute approximate surface area is 119 Å². The second kappa shape index (κ2) is 6.24. The lowest BCUT2D eigenvalue weighted by Gasteiger charge is -2.30. The Morgan fingerprint density at radius 3 is 2.40 bits per heavy atom. The fourth-order valence-electron chi connectivity index (χ4n) is 2.30. The molecule has 0 saturated heterocycles. The number of carbonyl (C=O) groups excluding carboxylic acids is 1. The normalized spacial score (nSPS) is 11.9. The average molecular weight is 269 g/mol. The number of anilines is 1. The van der Waals surface area contributed by atoms with E-state index in [1.807, 2.05) is 49.4 Å². The van der Waals surface area contributed by atoms with Gasteiger partial charge in [0.2, 0.25) is 5.91 Å². The average Bonchev–Trinajstić information content (AvgIpc) is 2.92. The molecule has 104 valence electrons. The van der Waals surface area contributed by atoms with E-state index in [2.05, 4.69) is 6.58 Å². The molecule has 3 nitrogen and oxygen atoms in total. The Bertz CT molecular complexity index is 572. The first kappa shape index (κ1) is 14.1. The third-order valence-electron chi connectivity index (χ3n) is 3.10. The Morgan fingerprint density at radius 1 is 1.20 bits per heavy atom. The lowest BCUT2D eigenvalue weighted by molar-refractivity contribution is -0.117. The van der Waals surface area contributed by atoms with Gasteiger partial charge in [-0.05, 0) is 37.6 Å². The molecule has 2 aromatic rings.